The number of carbonyl (C=O) groups is 1. The first-order valence-corrected chi connectivity index (χ1v) is 6.78. The van der Waals surface area contributed by atoms with Gasteiger partial charge in [0.15, 0.2) is 0 Å². The molecule has 0 aliphatic carbocycles. The number of hydrogen-bond acceptors (Lipinski definition) is 4. The van der Waals surface area contributed by atoms with Crippen LogP contribution in [0.15, 0.2) is 29.2 Å². The summed E-state index contributed by atoms with van der Waals surface area (Å²) in [7, 11) is -4.78. The first-order valence-electron chi connectivity index (χ1n) is 5.40. The molecule has 1 aromatic rings. The molecule has 0 atom stereocenters. The normalized spacial score (nSPS) is 16.6. The molecule has 0 bridgehead atoms. The van der Waals surface area contributed by atoms with Gasteiger partial charge in [0.05, 0.1) is 18.1 Å². The van der Waals surface area contributed by atoms with Crippen molar-refractivity contribution >= 4 is 16.1 Å². The highest BCUT2D eigenvalue weighted by Crippen LogP contribution is 2.15. The third-order valence-electron chi connectivity index (χ3n) is 2.66. The number of carbonyl (C=O) groups excluding carboxylic acids is 1. The quantitative estimate of drug-likeness (QED) is 0.748. The maximum atomic E-state index is 12.8. The minimum absolute atomic E-state index is 0.163. The SMILES string of the molecule is O=C(c1cccc(S(=O)(=O)F)c1)N1CCOCC1. The van der Waals surface area contributed by atoms with Crippen LogP contribution in [0.1, 0.15) is 10.4 Å². The van der Waals surface area contributed by atoms with Crippen molar-refractivity contribution in [1.82, 2.24) is 4.90 Å². The second-order valence-electron chi connectivity index (χ2n) is 3.87. The van der Waals surface area contributed by atoms with Crippen molar-refractivity contribution in [2.24, 2.45) is 0 Å². The second-order valence-corrected chi connectivity index (χ2v) is 5.22. The largest absolute Gasteiger partial charge is 0.378 e. The van der Waals surface area contributed by atoms with E-state index in [4.69, 9.17) is 4.74 Å². The van der Waals surface area contributed by atoms with Gasteiger partial charge in [-0.25, -0.2) is 0 Å². The maximum absolute atomic E-state index is 12.8. The van der Waals surface area contributed by atoms with Gasteiger partial charge in [-0.1, -0.05) is 6.07 Å². The van der Waals surface area contributed by atoms with E-state index in [0.29, 0.717) is 26.3 Å². The topological polar surface area (TPSA) is 63.7 Å². The van der Waals surface area contributed by atoms with E-state index in [1.54, 1.807) is 4.90 Å². The molecule has 0 saturated carbocycles. The summed E-state index contributed by atoms with van der Waals surface area (Å²) < 4.78 is 39.5. The number of benzene rings is 1. The fourth-order valence-electron chi connectivity index (χ4n) is 1.73. The van der Waals surface area contributed by atoms with Crippen molar-refractivity contribution in [1.29, 1.82) is 0 Å². The van der Waals surface area contributed by atoms with Crippen LogP contribution < -0.4 is 0 Å². The monoisotopic (exact) mass is 273 g/mol. The van der Waals surface area contributed by atoms with Crippen LogP contribution in [0, 0.1) is 0 Å². The third kappa shape index (κ3) is 2.85. The summed E-state index contributed by atoms with van der Waals surface area (Å²) in [6.07, 6.45) is 0. The van der Waals surface area contributed by atoms with Gasteiger partial charge in [0, 0.05) is 18.7 Å². The Hall–Kier alpha value is -1.47. The fraction of sp³-hybridized carbons (Fsp3) is 0.364. The molecule has 1 amide bonds. The number of ether oxygens (including phenoxy) is 1. The first-order chi connectivity index (χ1) is 8.48. The van der Waals surface area contributed by atoms with E-state index < -0.39 is 15.1 Å². The molecule has 5 nitrogen and oxygen atoms in total. The summed E-state index contributed by atoms with van der Waals surface area (Å²) in [5, 5.41) is 0. The van der Waals surface area contributed by atoms with Gasteiger partial charge in [0.2, 0.25) is 0 Å². The van der Waals surface area contributed by atoms with Crippen LogP contribution in [0.5, 0.6) is 0 Å². The molecule has 1 heterocycles. The van der Waals surface area contributed by atoms with Gasteiger partial charge in [-0.15, -0.1) is 3.89 Å². The lowest BCUT2D eigenvalue weighted by Gasteiger charge is -2.26. The Labute approximate surface area is 104 Å². The highest BCUT2D eigenvalue weighted by atomic mass is 32.3. The van der Waals surface area contributed by atoms with Gasteiger partial charge in [0.1, 0.15) is 0 Å². The molecule has 18 heavy (non-hydrogen) atoms. The van der Waals surface area contributed by atoms with Crippen molar-refractivity contribution in [3.05, 3.63) is 29.8 Å². The van der Waals surface area contributed by atoms with Crippen molar-refractivity contribution in [3.63, 3.8) is 0 Å². The van der Waals surface area contributed by atoms with E-state index in [1.807, 2.05) is 0 Å². The number of hydrogen-bond donors (Lipinski definition) is 0. The van der Waals surface area contributed by atoms with Crippen molar-refractivity contribution in [2.45, 2.75) is 4.90 Å². The van der Waals surface area contributed by atoms with Crippen LogP contribution >= 0.6 is 0 Å². The highest BCUT2D eigenvalue weighted by Gasteiger charge is 2.20. The summed E-state index contributed by atoms with van der Waals surface area (Å²) in [5.74, 6) is -0.316. The summed E-state index contributed by atoms with van der Waals surface area (Å²) in [6.45, 7) is 1.80. The fourth-order valence-corrected chi connectivity index (χ4v) is 2.24. The molecule has 0 N–H and O–H groups in total. The molecule has 0 radical (unpaired) electrons. The zero-order valence-electron chi connectivity index (χ0n) is 9.50. The molecule has 0 unspecified atom stereocenters. The Balaban J connectivity index is 2.25. The van der Waals surface area contributed by atoms with Crippen molar-refractivity contribution in [2.75, 3.05) is 26.3 Å². The molecule has 1 aromatic carbocycles. The van der Waals surface area contributed by atoms with E-state index in [1.165, 1.54) is 12.1 Å². The lowest BCUT2D eigenvalue weighted by molar-refractivity contribution is 0.0302. The number of nitrogens with zero attached hydrogens (tertiary/aromatic N) is 1. The minimum atomic E-state index is -4.78. The molecule has 98 valence electrons. The second kappa shape index (κ2) is 5.03. The van der Waals surface area contributed by atoms with Crippen molar-refractivity contribution < 1.29 is 21.8 Å². The molecule has 1 aliphatic heterocycles. The van der Waals surface area contributed by atoms with Gasteiger partial charge in [-0.2, -0.15) is 8.42 Å². The van der Waals surface area contributed by atoms with E-state index in [0.717, 1.165) is 12.1 Å². The Bertz CT molecular complexity index is 552. The molecular weight excluding hydrogens is 261 g/mol. The lowest BCUT2D eigenvalue weighted by Crippen LogP contribution is -2.40. The smallest absolute Gasteiger partial charge is 0.332 e. The molecule has 2 rings (SSSR count). The summed E-state index contributed by atoms with van der Waals surface area (Å²) in [6, 6.07) is 4.98. The minimum Gasteiger partial charge on any atom is -0.378 e. The van der Waals surface area contributed by atoms with Gasteiger partial charge in [-0.3, -0.25) is 4.79 Å². The molecule has 1 saturated heterocycles. The standard InChI is InChI=1S/C11H12FNO4S/c12-18(15,16)10-3-1-2-9(8-10)11(14)13-4-6-17-7-5-13/h1-3,8H,4-7H2. The van der Waals surface area contributed by atoms with Crippen LogP contribution in [0.25, 0.3) is 0 Å². The predicted molar refractivity (Wildman–Crippen MR) is 61.5 cm³/mol. The molecule has 0 spiro atoms. The molecule has 1 fully saturated rings. The Morgan fingerprint density at radius 3 is 2.56 bits per heavy atom. The highest BCUT2D eigenvalue weighted by molar-refractivity contribution is 7.86. The van der Waals surface area contributed by atoms with E-state index >= 15 is 0 Å². The summed E-state index contributed by atoms with van der Waals surface area (Å²) in [4.78, 5) is 13.1. The number of morpholine rings is 1. The zero-order valence-corrected chi connectivity index (χ0v) is 10.3. The Morgan fingerprint density at radius 2 is 1.94 bits per heavy atom. The van der Waals surface area contributed by atoms with Gasteiger partial charge in [-0.05, 0) is 18.2 Å². The van der Waals surface area contributed by atoms with Gasteiger partial charge in [0.25, 0.3) is 5.91 Å². The maximum Gasteiger partial charge on any atom is 0.332 e. The van der Waals surface area contributed by atoms with E-state index in [2.05, 4.69) is 0 Å². The molecule has 0 aromatic heterocycles. The van der Waals surface area contributed by atoms with Gasteiger partial charge < -0.3 is 9.64 Å². The van der Waals surface area contributed by atoms with Crippen LogP contribution in [-0.4, -0.2) is 45.5 Å². The number of halogens is 1. The average Bonchev–Trinajstić information content (AvgIpc) is 2.38. The van der Waals surface area contributed by atoms with Crippen LogP contribution in [0.2, 0.25) is 0 Å². The Morgan fingerprint density at radius 1 is 1.28 bits per heavy atom. The molecular formula is C11H12FNO4S. The van der Waals surface area contributed by atoms with Crippen LogP contribution in [0.4, 0.5) is 3.89 Å². The van der Waals surface area contributed by atoms with E-state index in [-0.39, 0.29) is 11.5 Å². The first kappa shape index (κ1) is 13.0. The zero-order chi connectivity index (χ0) is 13.2. The van der Waals surface area contributed by atoms with E-state index in [9.17, 15) is 17.1 Å². The van der Waals surface area contributed by atoms with Crippen molar-refractivity contribution in [3.8, 4) is 0 Å². The average molecular weight is 273 g/mol. The van der Waals surface area contributed by atoms with Gasteiger partial charge >= 0.3 is 10.2 Å². The number of rotatable bonds is 2. The Kier molecular flexibility index (Phi) is 3.63. The number of amides is 1. The predicted octanol–water partition coefficient (Wildman–Crippen LogP) is 0.817. The third-order valence-corrected chi connectivity index (χ3v) is 3.48. The van der Waals surface area contributed by atoms with Crippen LogP contribution in [-0.2, 0) is 15.0 Å². The summed E-state index contributed by atoms with van der Waals surface area (Å²) >= 11 is 0. The summed E-state index contributed by atoms with van der Waals surface area (Å²) in [5.41, 5.74) is 0.163. The van der Waals surface area contributed by atoms with Crippen LogP contribution in [0.3, 0.4) is 0 Å². The lowest BCUT2D eigenvalue weighted by atomic mass is 10.2. The molecule has 7 heteroatoms. The molecule has 1 aliphatic rings.